The zero-order chi connectivity index (χ0) is 20.4. The number of nitrogens with zero attached hydrogens (tertiary/aromatic N) is 3. The molecule has 1 N–H and O–H groups in total. The number of imidazole rings is 1. The number of aryl methyl sites for hydroxylation is 2. The molecule has 0 spiro atoms. The lowest BCUT2D eigenvalue weighted by atomic mass is 10.1. The van der Waals surface area contributed by atoms with E-state index < -0.39 is 0 Å². The monoisotopic (exact) mass is 388 g/mol. The average Bonchev–Trinajstić information content (AvgIpc) is 3.07. The van der Waals surface area contributed by atoms with Crippen LogP contribution in [-0.4, -0.2) is 20.3 Å². The van der Waals surface area contributed by atoms with E-state index >= 15 is 0 Å². The van der Waals surface area contributed by atoms with E-state index in [1.807, 2.05) is 41.8 Å². The molecule has 0 aliphatic heterocycles. The molecule has 4 aromatic rings. The summed E-state index contributed by atoms with van der Waals surface area (Å²) < 4.78 is 15.7. The molecule has 146 valence electrons. The Morgan fingerprint density at radius 1 is 1.17 bits per heavy atom. The summed E-state index contributed by atoms with van der Waals surface area (Å²) in [6.07, 6.45) is 5.55. The van der Waals surface area contributed by atoms with Crippen molar-refractivity contribution in [1.82, 2.24) is 19.7 Å². The molecule has 0 atom stereocenters. The summed E-state index contributed by atoms with van der Waals surface area (Å²) in [7, 11) is 0. The van der Waals surface area contributed by atoms with Crippen molar-refractivity contribution in [3.63, 3.8) is 0 Å². The number of fused-ring (bicyclic) bond motifs is 1. The zero-order valence-corrected chi connectivity index (χ0v) is 16.3. The first-order valence-electron chi connectivity index (χ1n) is 9.41. The van der Waals surface area contributed by atoms with Gasteiger partial charge < -0.3 is 9.72 Å². The van der Waals surface area contributed by atoms with E-state index in [9.17, 15) is 9.18 Å². The first-order valence-corrected chi connectivity index (χ1v) is 9.41. The second kappa shape index (κ2) is 7.83. The number of hydrogen-bond donors (Lipinski definition) is 1. The Hall–Kier alpha value is -3.54. The maximum atomic E-state index is 13.7. The summed E-state index contributed by atoms with van der Waals surface area (Å²) in [6.45, 7) is 4.12. The van der Waals surface area contributed by atoms with Crippen molar-refractivity contribution in [2.45, 2.75) is 26.8 Å². The van der Waals surface area contributed by atoms with Crippen LogP contribution in [0.25, 0.3) is 16.9 Å². The summed E-state index contributed by atoms with van der Waals surface area (Å²) >= 11 is 0. The van der Waals surface area contributed by atoms with Crippen LogP contribution in [0.2, 0.25) is 0 Å². The maximum absolute atomic E-state index is 13.7. The van der Waals surface area contributed by atoms with Crippen LogP contribution in [0.5, 0.6) is 0 Å². The molecule has 0 fully saturated rings. The number of nitrogens with one attached hydrogen (secondary N) is 1. The summed E-state index contributed by atoms with van der Waals surface area (Å²) in [4.78, 5) is 21.5. The third-order valence-electron chi connectivity index (χ3n) is 4.84. The molecule has 6 heteroatoms. The molecular weight excluding hydrogens is 367 g/mol. The number of aromatic nitrogens is 3. The molecular formula is C23H21FN4O. The Labute approximate surface area is 168 Å². The van der Waals surface area contributed by atoms with E-state index in [0.29, 0.717) is 17.8 Å². The van der Waals surface area contributed by atoms with Gasteiger partial charge in [0.1, 0.15) is 11.5 Å². The predicted molar refractivity (Wildman–Crippen MR) is 110 cm³/mol. The van der Waals surface area contributed by atoms with Gasteiger partial charge in [-0.1, -0.05) is 12.1 Å². The minimum atomic E-state index is -0.260. The summed E-state index contributed by atoms with van der Waals surface area (Å²) in [5.74, 6) is -0.374. The van der Waals surface area contributed by atoms with Crippen molar-refractivity contribution in [3.8, 4) is 11.3 Å². The second-order valence-electron chi connectivity index (χ2n) is 7.12. The number of carbonyl (C=O) groups excluding carboxylic acids is 1. The largest absolute Gasteiger partial charge is 0.352 e. The number of benzene rings is 1. The lowest BCUT2D eigenvalue weighted by Crippen LogP contribution is -2.25. The van der Waals surface area contributed by atoms with Crippen LogP contribution in [0.3, 0.4) is 0 Å². The van der Waals surface area contributed by atoms with Crippen LogP contribution in [0.4, 0.5) is 4.39 Å². The standard InChI is InChI=1S/C23H21FN4O/c1-15-5-8-21-27-23(18-6-7-19(24)16(2)10-18)20(28(21)14-15)11-22(29)26-13-17-4-3-9-25-12-17/h3-10,12,14H,11,13H2,1-2H3,(H,26,29). The Balaban J connectivity index is 1.68. The maximum Gasteiger partial charge on any atom is 0.226 e. The van der Waals surface area contributed by atoms with Crippen molar-refractivity contribution < 1.29 is 9.18 Å². The fourth-order valence-electron chi connectivity index (χ4n) is 3.31. The van der Waals surface area contributed by atoms with Crippen molar-refractivity contribution in [1.29, 1.82) is 0 Å². The topological polar surface area (TPSA) is 59.3 Å². The SMILES string of the molecule is Cc1ccc2nc(-c3ccc(F)c(C)c3)c(CC(=O)NCc3cccnc3)n2c1. The molecule has 3 aromatic heterocycles. The highest BCUT2D eigenvalue weighted by Gasteiger charge is 2.18. The number of rotatable bonds is 5. The van der Waals surface area contributed by atoms with Gasteiger partial charge >= 0.3 is 0 Å². The third-order valence-corrected chi connectivity index (χ3v) is 4.84. The minimum Gasteiger partial charge on any atom is -0.352 e. The highest BCUT2D eigenvalue weighted by atomic mass is 19.1. The zero-order valence-electron chi connectivity index (χ0n) is 16.3. The molecule has 3 heterocycles. The van der Waals surface area contributed by atoms with Crippen molar-refractivity contribution in [2.75, 3.05) is 0 Å². The van der Waals surface area contributed by atoms with Crippen molar-refractivity contribution in [3.05, 3.63) is 89.3 Å². The number of carbonyl (C=O) groups is 1. The van der Waals surface area contributed by atoms with Crippen molar-refractivity contribution >= 4 is 11.6 Å². The highest BCUT2D eigenvalue weighted by Crippen LogP contribution is 2.27. The Morgan fingerprint density at radius 2 is 2.03 bits per heavy atom. The van der Waals surface area contributed by atoms with Gasteiger partial charge in [-0.25, -0.2) is 9.37 Å². The Kier molecular flexibility index (Phi) is 5.08. The summed E-state index contributed by atoms with van der Waals surface area (Å²) in [6, 6.07) is 12.6. The first-order chi connectivity index (χ1) is 14.0. The fourth-order valence-corrected chi connectivity index (χ4v) is 3.31. The molecule has 0 radical (unpaired) electrons. The summed E-state index contributed by atoms with van der Waals surface area (Å²) in [5.41, 5.74) is 5.55. The van der Waals surface area contributed by atoms with E-state index in [1.54, 1.807) is 31.5 Å². The van der Waals surface area contributed by atoms with Gasteiger partial charge in [0.15, 0.2) is 0 Å². The first kappa shape index (κ1) is 18.8. The van der Waals surface area contributed by atoms with E-state index in [0.717, 1.165) is 28.0 Å². The molecule has 1 aromatic carbocycles. The van der Waals surface area contributed by atoms with Gasteiger partial charge in [0, 0.05) is 30.7 Å². The quantitative estimate of drug-likeness (QED) is 0.562. The van der Waals surface area contributed by atoms with Gasteiger partial charge in [0.25, 0.3) is 0 Å². The number of amides is 1. The molecule has 0 saturated heterocycles. The minimum absolute atomic E-state index is 0.114. The van der Waals surface area contributed by atoms with Crippen LogP contribution in [0.1, 0.15) is 22.4 Å². The van der Waals surface area contributed by atoms with Gasteiger partial charge in [-0.15, -0.1) is 0 Å². The van der Waals surface area contributed by atoms with Gasteiger partial charge in [-0.05, 0) is 60.9 Å². The van der Waals surface area contributed by atoms with Gasteiger partial charge in [0.2, 0.25) is 5.91 Å². The van der Waals surface area contributed by atoms with E-state index in [2.05, 4.69) is 10.3 Å². The van der Waals surface area contributed by atoms with Crippen LogP contribution in [-0.2, 0) is 17.8 Å². The third kappa shape index (κ3) is 4.01. The molecule has 0 aliphatic rings. The molecule has 0 saturated carbocycles. The number of pyridine rings is 2. The predicted octanol–water partition coefficient (Wildman–Crippen LogP) is 4.01. The Bertz CT molecular complexity index is 1180. The fraction of sp³-hybridized carbons (Fsp3) is 0.174. The van der Waals surface area contributed by atoms with Gasteiger partial charge in [-0.2, -0.15) is 0 Å². The molecule has 0 bridgehead atoms. The van der Waals surface area contributed by atoms with Crippen LogP contribution in [0, 0.1) is 19.7 Å². The normalized spacial score (nSPS) is 11.0. The molecule has 0 aliphatic carbocycles. The smallest absolute Gasteiger partial charge is 0.226 e. The molecule has 1 amide bonds. The van der Waals surface area contributed by atoms with Crippen LogP contribution >= 0.6 is 0 Å². The van der Waals surface area contributed by atoms with E-state index in [-0.39, 0.29) is 18.1 Å². The van der Waals surface area contributed by atoms with Crippen molar-refractivity contribution in [2.24, 2.45) is 0 Å². The number of halogens is 1. The lowest BCUT2D eigenvalue weighted by Gasteiger charge is -2.08. The van der Waals surface area contributed by atoms with Gasteiger partial charge in [-0.3, -0.25) is 9.78 Å². The van der Waals surface area contributed by atoms with Crippen LogP contribution < -0.4 is 5.32 Å². The van der Waals surface area contributed by atoms with E-state index in [4.69, 9.17) is 4.98 Å². The average molecular weight is 388 g/mol. The lowest BCUT2D eigenvalue weighted by molar-refractivity contribution is -0.120. The van der Waals surface area contributed by atoms with Crippen LogP contribution in [0.15, 0.2) is 61.1 Å². The second-order valence-corrected chi connectivity index (χ2v) is 7.12. The highest BCUT2D eigenvalue weighted by molar-refractivity contribution is 5.81. The van der Waals surface area contributed by atoms with Gasteiger partial charge in [0.05, 0.1) is 17.8 Å². The Morgan fingerprint density at radius 3 is 2.79 bits per heavy atom. The van der Waals surface area contributed by atoms with E-state index in [1.165, 1.54) is 6.07 Å². The molecule has 0 unspecified atom stereocenters. The molecule has 5 nitrogen and oxygen atoms in total. The molecule has 4 rings (SSSR count). The number of hydrogen-bond acceptors (Lipinski definition) is 3. The summed E-state index contributed by atoms with van der Waals surface area (Å²) in [5, 5.41) is 2.94. The molecule has 29 heavy (non-hydrogen) atoms.